The van der Waals surface area contributed by atoms with Gasteiger partial charge in [-0.15, -0.1) is 0 Å². The van der Waals surface area contributed by atoms with E-state index in [1.54, 1.807) is 0 Å². The van der Waals surface area contributed by atoms with Crippen molar-refractivity contribution in [2.45, 2.75) is 24.9 Å². The Hall–Kier alpha value is -0.641. The minimum absolute atomic E-state index is 0.194. The van der Waals surface area contributed by atoms with Crippen LogP contribution in [0.25, 0.3) is 0 Å². The zero-order valence-corrected chi connectivity index (χ0v) is 13.3. The van der Waals surface area contributed by atoms with Crippen molar-refractivity contribution in [3.05, 3.63) is 60.2 Å². The molecule has 0 radical (unpaired) electrons. The second kappa shape index (κ2) is 8.60. The van der Waals surface area contributed by atoms with Gasteiger partial charge < -0.3 is 5.32 Å². The molecular weight excluding hydrogens is 337 g/mol. The molecule has 3 heterocycles. The van der Waals surface area contributed by atoms with Crippen LogP contribution in [0.15, 0.2) is 48.8 Å². The molecular formula is C14H15Cl2FeN3. The molecule has 1 aliphatic rings. The Kier molecular flexibility index (Phi) is 6.77. The van der Waals surface area contributed by atoms with Crippen molar-refractivity contribution in [3.8, 4) is 0 Å². The van der Waals surface area contributed by atoms with Crippen LogP contribution >= 0.6 is 20.2 Å². The minimum atomic E-state index is 0.194. The Balaban J connectivity index is 0.000000452. The van der Waals surface area contributed by atoms with E-state index in [-0.39, 0.29) is 13.1 Å². The number of halogens is 2. The predicted molar refractivity (Wildman–Crippen MR) is 78.0 cm³/mol. The summed E-state index contributed by atoms with van der Waals surface area (Å²) in [4.78, 5) is 8.81. The number of pyridine rings is 2. The molecule has 3 nitrogen and oxygen atoms in total. The summed E-state index contributed by atoms with van der Waals surface area (Å²) in [5, 5.41) is 3.60. The molecule has 1 fully saturated rings. The summed E-state index contributed by atoms with van der Waals surface area (Å²) in [7, 11) is 9.53. The molecule has 1 N–H and O–H groups in total. The van der Waals surface area contributed by atoms with E-state index in [2.05, 4.69) is 27.4 Å². The summed E-state index contributed by atoms with van der Waals surface area (Å²) in [6.07, 6.45) is 5.95. The topological polar surface area (TPSA) is 37.8 Å². The second-order valence-electron chi connectivity index (χ2n) is 4.41. The van der Waals surface area contributed by atoms with Gasteiger partial charge in [0.05, 0.1) is 23.5 Å². The Morgan fingerprint density at radius 1 is 0.900 bits per heavy atom. The molecule has 0 saturated carbocycles. The van der Waals surface area contributed by atoms with E-state index >= 15 is 0 Å². The molecule has 0 aliphatic carbocycles. The first-order valence-electron chi connectivity index (χ1n) is 6.28. The van der Waals surface area contributed by atoms with Crippen LogP contribution in [0.2, 0.25) is 0 Å². The molecule has 3 rings (SSSR count). The molecule has 0 aromatic carbocycles. The van der Waals surface area contributed by atoms with Crippen LogP contribution in [0.4, 0.5) is 0 Å². The van der Waals surface area contributed by atoms with E-state index in [4.69, 9.17) is 20.2 Å². The van der Waals surface area contributed by atoms with E-state index < -0.39 is 0 Å². The van der Waals surface area contributed by atoms with Gasteiger partial charge in [-0.25, -0.2) is 0 Å². The molecule has 0 spiro atoms. The molecule has 2 unspecified atom stereocenters. The van der Waals surface area contributed by atoms with Crippen LogP contribution < -0.4 is 5.32 Å². The fourth-order valence-electron chi connectivity index (χ4n) is 2.37. The molecule has 2 aromatic rings. The summed E-state index contributed by atoms with van der Waals surface area (Å²) in [6, 6.07) is 12.9. The maximum atomic E-state index is 4.76. The zero-order chi connectivity index (χ0) is 14.2. The van der Waals surface area contributed by atoms with Crippen LogP contribution in [0.3, 0.4) is 0 Å². The summed E-state index contributed by atoms with van der Waals surface area (Å²) in [6.45, 7) is 0. The molecule has 0 amide bonds. The minimum Gasteiger partial charge on any atom is -0.300 e. The summed E-state index contributed by atoms with van der Waals surface area (Å²) < 4.78 is 0. The second-order valence-corrected chi connectivity index (χ2v) is 6.23. The van der Waals surface area contributed by atoms with Crippen LogP contribution in [-0.2, 0) is 13.1 Å². The third-order valence-corrected chi connectivity index (χ3v) is 3.24. The van der Waals surface area contributed by atoms with E-state index in [0.29, 0.717) is 12.1 Å². The number of nitrogens with one attached hydrogen (secondary N) is 1. The molecule has 108 valence electrons. The standard InChI is InChI=1S/C14H15N3.2ClH.Fe/c1-3-9-15-11(5-1)13-7-8-14(17-13)12-6-2-4-10-16-12;;;/h1-6,9-10,13-14,17H,7-8H2;2*1H;/q;;;+2/p-2. The van der Waals surface area contributed by atoms with Gasteiger partial charge in [-0.1, -0.05) is 12.1 Å². The summed E-state index contributed by atoms with van der Waals surface area (Å²) in [5.41, 5.74) is 2.26. The van der Waals surface area contributed by atoms with Crippen molar-refractivity contribution >= 4 is 20.2 Å². The van der Waals surface area contributed by atoms with Crippen molar-refractivity contribution in [1.29, 1.82) is 0 Å². The van der Waals surface area contributed by atoms with Gasteiger partial charge in [0.15, 0.2) is 0 Å². The van der Waals surface area contributed by atoms with Gasteiger partial charge in [0.1, 0.15) is 0 Å². The summed E-state index contributed by atoms with van der Waals surface area (Å²) in [5.74, 6) is 0. The summed E-state index contributed by atoms with van der Waals surface area (Å²) >= 11 is 0.194. The van der Waals surface area contributed by atoms with Crippen LogP contribution in [0.1, 0.15) is 36.3 Å². The third kappa shape index (κ3) is 4.44. The first-order chi connectivity index (χ1) is 9.85. The van der Waals surface area contributed by atoms with Crippen molar-refractivity contribution in [1.82, 2.24) is 15.3 Å². The molecule has 2 atom stereocenters. The zero-order valence-electron chi connectivity index (χ0n) is 10.7. The molecule has 6 heteroatoms. The number of aromatic nitrogens is 2. The quantitative estimate of drug-likeness (QED) is 0.830. The van der Waals surface area contributed by atoms with Crippen molar-refractivity contribution < 1.29 is 13.1 Å². The molecule has 20 heavy (non-hydrogen) atoms. The predicted octanol–water partition coefficient (Wildman–Crippen LogP) is 4.02. The van der Waals surface area contributed by atoms with E-state index in [9.17, 15) is 0 Å². The molecule has 0 bridgehead atoms. The SMILES string of the molecule is [Cl][Fe][Cl].c1ccc(C2CCC(c3ccccn3)N2)nc1. The Bertz CT molecular complexity index is 453. The van der Waals surface area contributed by atoms with E-state index in [0.717, 1.165) is 24.2 Å². The average Bonchev–Trinajstić information content (AvgIpc) is 3.00. The fraction of sp³-hybridized carbons (Fsp3) is 0.286. The monoisotopic (exact) mass is 351 g/mol. The van der Waals surface area contributed by atoms with E-state index in [1.165, 1.54) is 0 Å². The van der Waals surface area contributed by atoms with Gasteiger partial charge in [-0.05, 0) is 37.1 Å². The molecule has 2 aromatic heterocycles. The van der Waals surface area contributed by atoms with Gasteiger partial charge in [0.2, 0.25) is 0 Å². The van der Waals surface area contributed by atoms with Crippen molar-refractivity contribution in [2.75, 3.05) is 0 Å². The van der Waals surface area contributed by atoms with Crippen LogP contribution in [0, 0.1) is 0 Å². The van der Waals surface area contributed by atoms with Crippen molar-refractivity contribution in [2.24, 2.45) is 0 Å². The first kappa shape index (κ1) is 15.7. The van der Waals surface area contributed by atoms with Crippen LogP contribution in [0.5, 0.6) is 0 Å². The van der Waals surface area contributed by atoms with E-state index in [1.807, 2.05) is 36.7 Å². The fourth-order valence-corrected chi connectivity index (χ4v) is 2.37. The number of hydrogen-bond acceptors (Lipinski definition) is 3. The maximum Gasteiger partial charge on any atom is 0.0573 e. The Labute approximate surface area is 133 Å². The smallest absolute Gasteiger partial charge is 0.0573 e. The molecule has 1 aliphatic heterocycles. The first-order valence-corrected chi connectivity index (χ1v) is 9.32. The Morgan fingerprint density at radius 2 is 1.35 bits per heavy atom. The van der Waals surface area contributed by atoms with Crippen LogP contribution in [-0.4, -0.2) is 9.97 Å². The van der Waals surface area contributed by atoms with Gasteiger partial charge in [0.25, 0.3) is 0 Å². The molecule has 1 saturated heterocycles. The van der Waals surface area contributed by atoms with Gasteiger partial charge in [0, 0.05) is 12.4 Å². The van der Waals surface area contributed by atoms with Gasteiger partial charge in [-0.3, -0.25) is 9.97 Å². The van der Waals surface area contributed by atoms with Crippen molar-refractivity contribution in [3.63, 3.8) is 0 Å². The largest absolute Gasteiger partial charge is 0.300 e. The maximum absolute atomic E-state index is 4.76. The normalized spacial score (nSPS) is 21.3. The Morgan fingerprint density at radius 3 is 1.70 bits per heavy atom. The third-order valence-electron chi connectivity index (χ3n) is 3.24. The average molecular weight is 352 g/mol. The van der Waals surface area contributed by atoms with Gasteiger partial charge in [-0.2, -0.15) is 0 Å². The number of rotatable bonds is 2. The van der Waals surface area contributed by atoms with Gasteiger partial charge >= 0.3 is 33.3 Å². The number of hydrogen-bond donors (Lipinski definition) is 1. The number of nitrogens with zero attached hydrogens (tertiary/aromatic N) is 2.